The molecule has 5 heteroatoms. The molecule has 1 rings (SSSR count). The van der Waals surface area contributed by atoms with E-state index in [2.05, 4.69) is 5.32 Å². The normalized spacial score (nSPS) is 19.2. The highest BCUT2D eigenvalue weighted by molar-refractivity contribution is 5.76. The van der Waals surface area contributed by atoms with Crippen LogP contribution in [0.3, 0.4) is 0 Å². The molecule has 1 saturated heterocycles. The molecule has 0 aromatic rings. The molecule has 0 bridgehead atoms. The van der Waals surface area contributed by atoms with Gasteiger partial charge >= 0.3 is 0 Å². The van der Waals surface area contributed by atoms with E-state index in [0.29, 0.717) is 11.6 Å². The molecule has 70 valence electrons. The van der Waals surface area contributed by atoms with Gasteiger partial charge in [0.05, 0.1) is 6.54 Å². The SMILES string of the molecule is CN(O)C(=O)CN1CCNCC1. The van der Waals surface area contributed by atoms with Crippen molar-refractivity contribution < 1.29 is 10.0 Å². The number of nitrogens with zero attached hydrogens (tertiary/aromatic N) is 2. The van der Waals surface area contributed by atoms with Crippen molar-refractivity contribution in [1.29, 1.82) is 0 Å². The van der Waals surface area contributed by atoms with Crippen molar-refractivity contribution in [3.8, 4) is 0 Å². The van der Waals surface area contributed by atoms with Crippen LogP contribution in [0.1, 0.15) is 0 Å². The number of likely N-dealkylation sites (N-methyl/N-ethyl adjacent to an activating group) is 1. The average molecular weight is 173 g/mol. The van der Waals surface area contributed by atoms with Gasteiger partial charge in [-0.05, 0) is 0 Å². The first-order valence-corrected chi connectivity index (χ1v) is 4.08. The summed E-state index contributed by atoms with van der Waals surface area (Å²) in [7, 11) is 1.35. The molecular weight excluding hydrogens is 158 g/mol. The maximum atomic E-state index is 11.0. The monoisotopic (exact) mass is 173 g/mol. The molecule has 1 amide bonds. The lowest BCUT2D eigenvalue weighted by Gasteiger charge is -2.26. The van der Waals surface area contributed by atoms with Crippen LogP contribution in [0.25, 0.3) is 0 Å². The lowest BCUT2D eigenvalue weighted by atomic mass is 10.3. The fourth-order valence-corrected chi connectivity index (χ4v) is 1.16. The Morgan fingerprint density at radius 2 is 2.17 bits per heavy atom. The van der Waals surface area contributed by atoms with Gasteiger partial charge < -0.3 is 5.32 Å². The van der Waals surface area contributed by atoms with E-state index in [1.54, 1.807) is 0 Å². The van der Waals surface area contributed by atoms with Gasteiger partial charge in [-0.3, -0.25) is 14.9 Å². The van der Waals surface area contributed by atoms with E-state index in [1.807, 2.05) is 4.90 Å². The van der Waals surface area contributed by atoms with Crippen LogP contribution < -0.4 is 5.32 Å². The highest BCUT2D eigenvalue weighted by Gasteiger charge is 2.14. The predicted octanol–water partition coefficient (Wildman–Crippen LogP) is -1.26. The van der Waals surface area contributed by atoms with Crippen LogP contribution in [0.2, 0.25) is 0 Å². The van der Waals surface area contributed by atoms with Gasteiger partial charge in [-0.25, -0.2) is 5.06 Å². The fraction of sp³-hybridized carbons (Fsp3) is 0.857. The first-order valence-electron chi connectivity index (χ1n) is 4.08. The molecule has 1 heterocycles. The van der Waals surface area contributed by atoms with Crippen LogP contribution in [-0.2, 0) is 4.79 Å². The van der Waals surface area contributed by atoms with Gasteiger partial charge in [0.2, 0.25) is 0 Å². The number of carbonyl (C=O) groups is 1. The highest BCUT2D eigenvalue weighted by Crippen LogP contribution is 1.92. The van der Waals surface area contributed by atoms with Crippen LogP contribution in [0.15, 0.2) is 0 Å². The van der Waals surface area contributed by atoms with Gasteiger partial charge in [0.1, 0.15) is 0 Å². The van der Waals surface area contributed by atoms with Crippen LogP contribution in [0.5, 0.6) is 0 Å². The molecule has 12 heavy (non-hydrogen) atoms. The molecular formula is C7H15N3O2. The zero-order valence-electron chi connectivity index (χ0n) is 7.29. The topological polar surface area (TPSA) is 55.8 Å². The second-order valence-electron chi connectivity index (χ2n) is 2.94. The van der Waals surface area contributed by atoms with Crippen LogP contribution in [-0.4, -0.2) is 60.8 Å². The summed E-state index contributed by atoms with van der Waals surface area (Å²) in [5.74, 6) is -0.253. The van der Waals surface area contributed by atoms with Gasteiger partial charge in [0.25, 0.3) is 5.91 Å². The third-order valence-electron chi connectivity index (χ3n) is 1.93. The van der Waals surface area contributed by atoms with Gasteiger partial charge in [-0.15, -0.1) is 0 Å². The Morgan fingerprint density at radius 1 is 1.58 bits per heavy atom. The maximum Gasteiger partial charge on any atom is 0.259 e. The molecule has 0 aromatic heterocycles. The molecule has 1 aliphatic heterocycles. The standard InChI is InChI=1S/C7H15N3O2/c1-9(12)7(11)6-10-4-2-8-3-5-10/h8,12H,2-6H2,1H3. The van der Waals surface area contributed by atoms with E-state index in [4.69, 9.17) is 5.21 Å². The van der Waals surface area contributed by atoms with Crippen molar-refractivity contribution in [1.82, 2.24) is 15.3 Å². The lowest BCUT2D eigenvalue weighted by Crippen LogP contribution is -2.47. The van der Waals surface area contributed by atoms with E-state index in [0.717, 1.165) is 26.2 Å². The quantitative estimate of drug-likeness (QED) is 0.404. The first-order chi connectivity index (χ1) is 5.70. The number of hydroxylamine groups is 2. The predicted molar refractivity (Wildman–Crippen MR) is 43.9 cm³/mol. The van der Waals surface area contributed by atoms with Crippen molar-refractivity contribution in [3.05, 3.63) is 0 Å². The second-order valence-corrected chi connectivity index (χ2v) is 2.94. The second kappa shape index (κ2) is 4.39. The summed E-state index contributed by atoms with van der Waals surface area (Å²) in [4.78, 5) is 13.0. The number of piperazine rings is 1. The van der Waals surface area contributed by atoms with E-state index < -0.39 is 0 Å². The van der Waals surface area contributed by atoms with E-state index in [-0.39, 0.29) is 5.91 Å². The number of hydrogen-bond donors (Lipinski definition) is 2. The largest absolute Gasteiger partial charge is 0.314 e. The van der Waals surface area contributed by atoms with E-state index in [1.165, 1.54) is 7.05 Å². The summed E-state index contributed by atoms with van der Waals surface area (Å²) in [6.45, 7) is 3.90. The zero-order valence-corrected chi connectivity index (χ0v) is 7.29. The molecule has 0 spiro atoms. The molecule has 0 saturated carbocycles. The average Bonchev–Trinajstić information content (AvgIpc) is 2.06. The van der Waals surface area contributed by atoms with Crippen molar-refractivity contribution in [2.75, 3.05) is 39.8 Å². The number of nitrogens with one attached hydrogen (secondary N) is 1. The van der Waals surface area contributed by atoms with Gasteiger partial charge in [-0.2, -0.15) is 0 Å². The van der Waals surface area contributed by atoms with Crippen molar-refractivity contribution in [2.45, 2.75) is 0 Å². The summed E-state index contributed by atoms with van der Waals surface area (Å²) >= 11 is 0. The summed E-state index contributed by atoms with van der Waals surface area (Å²) in [5.41, 5.74) is 0. The molecule has 0 aliphatic carbocycles. The third-order valence-corrected chi connectivity index (χ3v) is 1.93. The zero-order chi connectivity index (χ0) is 8.97. The Kier molecular flexibility index (Phi) is 3.46. The summed E-state index contributed by atoms with van der Waals surface area (Å²) in [6.07, 6.45) is 0. The lowest BCUT2D eigenvalue weighted by molar-refractivity contribution is -0.160. The summed E-state index contributed by atoms with van der Waals surface area (Å²) in [6, 6.07) is 0. The van der Waals surface area contributed by atoms with Crippen LogP contribution in [0, 0.1) is 0 Å². The Morgan fingerprint density at radius 3 is 2.67 bits per heavy atom. The minimum Gasteiger partial charge on any atom is -0.314 e. The van der Waals surface area contributed by atoms with Crippen molar-refractivity contribution in [2.24, 2.45) is 0 Å². The number of carbonyl (C=O) groups excluding carboxylic acids is 1. The Balaban J connectivity index is 2.24. The van der Waals surface area contributed by atoms with Gasteiger partial charge in [0, 0.05) is 33.2 Å². The van der Waals surface area contributed by atoms with Gasteiger partial charge in [-0.1, -0.05) is 0 Å². The molecule has 2 N–H and O–H groups in total. The minimum absolute atomic E-state index is 0.253. The molecule has 1 aliphatic rings. The summed E-state index contributed by atoms with van der Waals surface area (Å²) < 4.78 is 0. The summed E-state index contributed by atoms with van der Waals surface area (Å²) in [5, 5.41) is 12.6. The van der Waals surface area contributed by atoms with Crippen LogP contribution >= 0.6 is 0 Å². The Labute approximate surface area is 71.9 Å². The van der Waals surface area contributed by atoms with Gasteiger partial charge in [0.15, 0.2) is 0 Å². The number of hydrogen-bond acceptors (Lipinski definition) is 4. The smallest absolute Gasteiger partial charge is 0.259 e. The fourth-order valence-electron chi connectivity index (χ4n) is 1.16. The number of amides is 1. The Hall–Kier alpha value is -0.650. The van der Waals surface area contributed by atoms with Crippen molar-refractivity contribution >= 4 is 5.91 Å². The Bertz CT molecular complexity index is 155. The number of rotatable bonds is 2. The maximum absolute atomic E-state index is 11.0. The molecule has 0 radical (unpaired) electrons. The highest BCUT2D eigenvalue weighted by atomic mass is 16.5. The molecule has 1 fully saturated rings. The molecule has 0 aromatic carbocycles. The van der Waals surface area contributed by atoms with Crippen LogP contribution in [0.4, 0.5) is 0 Å². The molecule has 5 nitrogen and oxygen atoms in total. The molecule has 0 atom stereocenters. The minimum atomic E-state index is -0.253. The van der Waals surface area contributed by atoms with E-state index >= 15 is 0 Å². The first kappa shape index (κ1) is 9.44. The molecule has 0 unspecified atom stereocenters. The third kappa shape index (κ3) is 2.77. The van der Waals surface area contributed by atoms with E-state index in [9.17, 15) is 4.79 Å². The van der Waals surface area contributed by atoms with Crippen molar-refractivity contribution in [3.63, 3.8) is 0 Å².